The smallest absolute Gasteiger partial charge is 0.123 e. The first kappa shape index (κ1) is 14.2. The molecular formula is C15H15Cl2NO. The summed E-state index contributed by atoms with van der Waals surface area (Å²) >= 11 is 12.2. The molecule has 100 valence electrons. The molecule has 2 rings (SSSR count). The van der Waals surface area contributed by atoms with Crippen molar-refractivity contribution < 1.29 is 4.74 Å². The summed E-state index contributed by atoms with van der Waals surface area (Å²) in [5.74, 6) is 0.740. The average Bonchev–Trinajstić information content (AvgIpc) is 2.41. The van der Waals surface area contributed by atoms with E-state index in [0.29, 0.717) is 11.4 Å². The van der Waals surface area contributed by atoms with Gasteiger partial charge in [0.25, 0.3) is 0 Å². The quantitative estimate of drug-likeness (QED) is 0.915. The summed E-state index contributed by atoms with van der Waals surface area (Å²) < 4.78 is 5.32. The van der Waals surface area contributed by atoms with Gasteiger partial charge in [-0.25, -0.2) is 0 Å². The molecule has 0 fully saturated rings. The lowest BCUT2D eigenvalue weighted by Gasteiger charge is -2.16. The molecule has 2 aromatic carbocycles. The molecule has 19 heavy (non-hydrogen) atoms. The standard InChI is InChI=1S/C15H15Cl2NO/c1-19-15-7-6-11(16)9-12(15)14(18)8-10-4-2-3-5-13(10)17/h2-7,9,14H,8,18H2,1H3. The zero-order chi connectivity index (χ0) is 13.8. The van der Waals surface area contributed by atoms with Crippen molar-refractivity contribution in [3.8, 4) is 5.75 Å². The van der Waals surface area contributed by atoms with E-state index in [4.69, 9.17) is 33.7 Å². The summed E-state index contributed by atoms with van der Waals surface area (Å²) in [7, 11) is 1.62. The number of rotatable bonds is 4. The molecule has 0 aliphatic rings. The molecule has 0 bridgehead atoms. The van der Waals surface area contributed by atoms with Crippen molar-refractivity contribution in [2.45, 2.75) is 12.5 Å². The van der Waals surface area contributed by atoms with Crippen LogP contribution in [0.4, 0.5) is 0 Å². The molecule has 1 unspecified atom stereocenters. The number of ether oxygens (including phenoxy) is 1. The molecule has 0 saturated heterocycles. The van der Waals surface area contributed by atoms with Crippen molar-refractivity contribution in [2.24, 2.45) is 5.73 Å². The zero-order valence-corrected chi connectivity index (χ0v) is 12.1. The van der Waals surface area contributed by atoms with Crippen LogP contribution in [-0.2, 0) is 6.42 Å². The fourth-order valence-corrected chi connectivity index (χ4v) is 2.40. The van der Waals surface area contributed by atoms with Gasteiger partial charge in [0, 0.05) is 21.7 Å². The molecule has 0 radical (unpaired) electrons. The van der Waals surface area contributed by atoms with Gasteiger partial charge in [-0.2, -0.15) is 0 Å². The van der Waals surface area contributed by atoms with E-state index in [0.717, 1.165) is 21.9 Å². The van der Waals surface area contributed by atoms with Crippen molar-refractivity contribution in [2.75, 3.05) is 7.11 Å². The number of hydrogen-bond acceptors (Lipinski definition) is 2. The van der Waals surface area contributed by atoms with Crippen LogP contribution in [-0.4, -0.2) is 7.11 Å². The summed E-state index contributed by atoms with van der Waals surface area (Å²) in [6.45, 7) is 0. The van der Waals surface area contributed by atoms with Crippen molar-refractivity contribution in [1.82, 2.24) is 0 Å². The van der Waals surface area contributed by atoms with Gasteiger partial charge in [-0.05, 0) is 36.2 Å². The second-order valence-electron chi connectivity index (χ2n) is 4.29. The predicted octanol–water partition coefficient (Wildman–Crippen LogP) is 4.24. The minimum atomic E-state index is -0.214. The first-order valence-corrected chi connectivity index (χ1v) is 6.70. The maximum absolute atomic E-state index is 6.24. The largest absolute Gasteiger partial charge is 0.496 e. The fraction of sp³-hybridized carbons (Fsp3) is 0.200. The lowest BCUT2D eigenvalue weighted by atomic mass is 9.99. The Morgan fingerprint density at radius 2 is 1.89 bits per heavy atom. The Balaban J connectivity index is 2.27. The summed E-state index contributed by atoms with van der Waals surface area (Å²) in [6, 6.07) is 12.9. The van der Waals surface area contributed by atoms with Crippen molar-refractivity contribution >= 4 is 23.2 Å². The number of benzene rings is 2. The van der Waals surface area contributed by atoms with Crippen LogP contribution in [0.2, 0.25) is 10.0 Å². The van der Waals surface area contributed by atoms with Crippen LogP contribution in [0.5, 0.6) is 5.75 Å². The SMILES string of the molecule is COc1ccc(Cl)cc1C(N)Cc1ccccc1Cl. The molecule has 0 spiro atoms. The van der Waals surface area contributed by atoms with Crippen LogP contribution < -0.4 is 10.5 Å². The Morgan fingerprint density at radius 1 is 1.16 bits per heavy atom. The Kier molecular flexibility index (Phi) is 4.70. The van der Waals surface area contributed by atoms with Gasteiger partial charge in [0.05, 0.1) is 7.11 Å². The highest BCUT2D eigenvalue weighted by atomic mass is 35.5. The van der Waals surface area contributed by atoms with E-state index in [1.54, 1.807) is 13.2 Å². The Morgan fingerprint density at radius 3 is 2.58 bits per heavy atom. The normalized spacial score (nSPS) is 12.2. The maximum Gasteiger partial charge on any atom is 0.123 e. The predicted molar refractivity (Wildman–Crippen MR) is 80.1 cm³/mol. The second-order valence-corrected chi connectivity index (χ2v) is 5.13. The minimum Gasteiger partial charge on any atom is -0.496 e. The van der Waals surface area contributed by atoms with Gasteiger partial charge in [-0.3, -0.25) is 0 Å². The van der Waals surface area contributed by atoms with Gasteiger partial charge in [0.1, 0.15) is 5.75 Å². The van der Waals surface area contributed by atoms with Crippen LogP contribution in [0.15, 0.2) is 42.5 Å². The number of nitrogens with two attached hydrogens (primary N) is 1. The highest BCUT2D eigenvalue weighted by molar-refractivity contribution is 6.31. The zero-order valence-electron chi connectivity index (χ0n) is 10.6. The van der Waals surface area contributed by atoms with E-state index in [2.05, 4.69) is 0 Å². The number of methoxy groups -OCH3 is 1. The van der Waals surface area contributed by atoms with Gasteiger partial charge in [0.2, 0.25) is 0 Å². The topological polar surface area (TPSA) is 35.2 Å². The van der Waals surface area contributed by atoms with E-state index in [1.807, 2.05) is 36.4 Å². The van der Waals surface area contributed by atoms with Crippen molar-refractivity contribution in [3.05, 3.63) is 63.6 Å². The van der Waals surface area contributed by atoms with E-state index >= 15 is 0 Å². The Labute approximate surface area is 123 Å². The molecule has 0 amide bonds. The molecule has 0 aliphatic carbocycles. The first-order valence-electron chi connectivity index (χ1n) is 5.94. The summed E-state index contributed by atoms with van der Waals surface area (Å²) in [5.41, 5.74) is 8.14. The minimum absolute atomic E-state index is 0.214. The molecule has 2 N–H and O–H groups in total. The third kappa shape index (κ3) is 3.41. The monoisotopic (exact) mass is 295 g/mol. The van der Waals surface area contributed by atoms with E-state index in [1.165, 1.54) is 0 Å². The molecule has 4 heteroatoms. The summed E-state index contributed by atoms with van der Waals surface area (Å²) in [6.07, 6.45) is 0.635. The molecular weight excluding hydrogens is 281 g/mol. The van der Waals surface area contributed by atoms with Crippen LogP contribution >= 0.6 is 23.2 Å². The third-order valence-electron chi connectivity index (χ3n) is 2.99. The van der Waals surface area contributed by atoms with Gasteiger partial charge >= 0.3 is 0 Å². The van der Waals surface area contributed by atoms with Gasteiger partial charge in [-0.15, -0.1) is 0 Å². The molecule has 0 heterocycles. The van der Waals surface area contributed by atoms with Gasteiger partial charge in [-0.1, -0.05) is 41.4 Å². The van der Waals surface area contributed by atoms with Crippen LogP contribution in [0, 0.1) is 0 Å². The van der Waals surface area contributed by atoms with E-state index in [-0.39, 0.29) is 6.04 Å². The van der Waals surface area contributed by atoms with E-state index < -0.39 is 0 Å². The lowest BCUT2D eigenvalue weighted by Crippen LogP contribution is -2.14. The highest BCUT2D eigenvalue weighted by Gasteiger charge is 2.14. The van der Waals surface area contributed by atoms with Crippen molar-refractivity contribution in [3.63, 3.8) is 0 Å². The molecule has 0 aromatic heterocycles. The fourth-order valence-electron chi connectivity index (χ4n) is 2.01. The van der Waals surface area contributed by atoms with Crippen LogP contribution in [0.25, 0.3) is 0 Å². The first-order chi connectivity index (χ1) is 9.11. The van der Waals surface area contributed by atoms with Crippen molar-refractivity contribution in [1.29, 1.82) is 0 Å². The summed E-state index contributed by atoms with van der Waals surface area (Å²) in [4.78, 5) is 0. The Bertz CT molecular complexity index is 572. The maximum atomic E-state index is 6.24. The molecule has 0 saturated carbocycles. The molecule has 2 aromatic rings. The third-order valence-corrected chi connectivity index (χ3v) is 3.59. The molecule has 2 nitrogen and oxygen atoms in total. The average molecular weight is 296 g/mol. The highest BCUT2D eigenvalue weighted by Crippen LogP contribution is 2.30. The molecule has 0 aliphatic heterocycles. The van der Waals surface area contributed by atoms with Gasteiger partial charge in [0.15, 0.2) is 0 Å². The summed E-state index contributed by atoms with van der Waals surface area (Å²) in [5, 5.41) is 1.37. The number of halogens is 2. The van der Waals surface area contributed by atoms with E-state index in [9.17, 15) is 0 Å². The lowest BCUT2D eigenvalue weighted by molar-refractivity contribution is 0.405. The molecule has 1 atom stereocenters. The van der Waals surface area contributed by atoms with Crippen LogP contribution in [0.1, 0.15) is 17.2 Å². The second kappa shape index (κ2) is 6.29. The number of hydrogen-bond donors (Lipinski definition) is 1. The Hall–Kier alpha value is -1.22. The van der Waals surface area contributed by atoms with Crippen LogP contribution in [0.3, 0.4) is 0 Å². The van der Waals surface area contributed by atoms with Gasteiger partial charge < -0.3 is 10.5 Å².